The quantitative estimate of drug-likeness (QED) is 0.867. The van der Waals surface area contributed by atoms with Crippen molar-refractivity contribution in [2.24, 2.45) is 0 Å². The van der Waals surface area contributed by atoms with Crippen molar-refractivity contribution >= 4 is 23.4 Å². The van der Waals surface area contributed by atoms with Crippen LogP contribution in [0.5, 0.6) is 0 Å². The Balaban J connectivity index is 1.86. The van der Waals surface area contributed by atoms with Gasteiger partial charge >= 0.3 is 0 Å². The van der Waals surface area contributed by atoms with Crippen molar-refractivity contribution < 1.29 is 4.79 Å². The van der Waals surface area contributed by atoms with Gasteiger partial charge in [0, 0.05) is 11.9 Å². The number of aromatic nitrogens is 1. The van der Waals surface area contributed by atoms with Crippen molar-refractivity contribution in [3.05, 3.63) is 53.7 Å². The number of pyridine rings is 1. The van der Waals surface area contributed by atoms with E-state index < -0.39 is 0 Å². The maximum Gasteiger partial charge on any atom is 0.234 e. The summed E-state index contributed by atoms with van der Waals surface area (Å²) in [6.07, 6.45) is 1.81. The molecule has 0 spiro atoms. The number of carbonyl (C=O) groups excluding carboxylic acids is 1. The highest BCUT2D eigenvalue weighted by Gasteiger charge is 2.04. The van der Waals surface area contributed by atoms with Gasteiger partial charge in [-0.25, -0.2) is 4.98 Å². The van der Waals surface area contributed by atoms with Crippen LogP contribution in [0.15, 0.2) is 47.6 Å². The fourth-order valence-electron chi connectivity index (χ4n) is 1.60. The Morgan fingerprint density at radius 3 is 2.74 bits per heavy atom. The molecule has 0 saturated heterocycles. The van der Waals surface area contributed by atoms with Gasteiger partial charge < -0.3 is 5.32 Å². The third-order valence-corrected chi connectivity index (χ3v) is 3.48. The summed E-state index contributed by atoms with van der Waals surface area (Å²) in [4.78, 5) is 16.1. The number of nitrogens with one attached hydrogen (secondary N) is 1. The van der Waals surface area contributed by atoms with Gasteiger partial charge in [-0.3, -0.25) is 4.79 Å². The Hall–Kier alpha value is -1.81. The summed E-state index contributed by atoms with van der Waals surface area (Å²) < 4.78 is 0. The topological polar surface area (TPSA) is 42.0 Å². The normalized spacial score (nSPS) is 10.2. The summed E-state index contributed by atoms with van der Waals surface area (Å²) in [5.74, 6) is 0.349. The predicted molar refractivity (Wildman–Crippen MR) is 79.5 cm³/mol. The molecule has 19 heavy (non-hydrogen) atoms. The summed E-state index contributed by atoms with van der Waals surface area (Å²) >= 11 is 1.44. The highest BCUT2D eigenvalue weighted by Crippen LogP contribution is 2.16. The predicted octanol–water partition coefficient (Wildman–Crippen LogP) is 3.43. The maximum atomic E-state index is 11.8. The van der Waals surface area contributed by atoms with Crippen LogP contribution in [0.4, 0.5) is 5.69 Å². The smallest absolute Gasteiger partial charge is 0.234 e. The Labute approximate surface area is 117 Å². The first-order valence-electron chi connectivity index (χ1n) is 6.05. The number of nitrogens with zero attached hydrogens (tertiary/aromatic N) is 1. The number of amides is 1. The first kappa shape index (κ1) is 13.6. The van der Waals surface area contributed by atoms with Crippen molar-refractivity contribution in [3.63, 3.8) is 0 Å². The number of rotatable bonds is 4. The molecule has 0 atom stereocenters. The van der Waals surface area contributed by atoms with Gasteiger partial charge in [0.2, 0.25) is 5.91 Å². The molecule has 0 saturated carbocycles. The highest BCUT2D eigenvalue weighted by atomic mass is 32.2. The van der Waals surface area contributed by atoms with Gasteiger partial charge in [0.05, 0.1) is 10.8 Å². The van der Waals surface area contributed by atoms with Crippen molar-refractivity contribution in [2.75, 3.05) is 11.1 Å². The van der Waals surface area contributed by atoms with Crippen LogP contribution in [0, 0.1) is 13.8 Å². The van der Waals surface area contributed by atoms with Gasteiger partial charge in [0.15, 0.2) is 0 Å². The molecule has 1 N–H and O–H groups in total. The molecule has 2 rings (SSSR count). The lowest BCUT2D eigenvalue weighted by atomic mass is 10.2. The van der Waals surface area contributed by atoms with Crippen LogP contribution in [0.3, 0.4) is 0 Å². The molecule has 0 fully saturated rings. The van der Waals surface area contributed by atoms with E-state index >= 15 is 0 Å². The molecule has 3 nitrogen and oxygen atoms in total. The minimum absolute atomic E-state index is 0.0158. The second-order valence-electron chi connectivity index (χ2n) is 4.38. The highest BCUT2D eigenvalue weighted by molar-refractivity contribution is 7.99. The van der Waals surface area contributed by atoms with Gasteiger partial charge in [0.1, 0.15) is 0 Å². The second kappa shape index (κ2) is 6.38. The van der Waals surface area contributed by atoms with Crippen LogP contribution < -0.4 is 5.32 Å². The molecule has 4 heteroatoms. The number of anilines is 1. The third-order valence-electron chi connectivity index (χ3n) is 2.54. The van der Waals surface area contributed by atoms with Gasteiger partial charge in [-0.05, 0) is 43.2 Å². The summed E-state index contributed by atoms with van der Waals surface area (Å²) in [7, 11) is 0. The van der Waals surface area contributed by atoms with E-state index in [1.807, 2.05) is 50.2 Å². The molecule has 1 aromatic carbocycles. The molecule has 0 unspecified atom stereocenters. The first-order chi connectivity index (χ1) is 9.13. The SMILES string of the molecule is Cc1ccc(SCC(=O)Nc2cccc(C)c2)nc1. The van der Waals surface area contributed by atoms with Crippen molar-refractivity contribution in [2.45, 2.75) is 18.9 Å². The zero-order chi connectivity index (χ0) is 13.7. The lowest BCUT2D eigenvalue weighted by Gasteiger charge is -2.05. The van der Waals surface area contributed by atoms with Crippen LogP contribution in [0.2, 0.25) is 0 Å². The molecular formula is C15H16N2OS. The van der Waals surface area contributed by atoms with Gasteiger partial charge in [-0.15, -0.1) is 0 Å². The summed E-state index contributed by atoms with van der Waals surface area (Å²) in [5, 5.41) is 3.74. The molecule has 98 valence electrons. The average Bonchev–Trinajstić information content (AvgIpc) is 2.38. The Morgan fingerprint density at radius 1 is 1.21 bits per heavy atom. The van der Waals surface area contributed by atoms with Crippen LogP contribution in [0.1, 0.15) is 11.1 Å². The lowest BCUT2D eigenvalue weighted by molar-refractivity contribution is -0.113. The fourth-order valence-corrected chi connectivity index (χ4v) is 2.24. The average molecular weight is 272 g/mol. The second-order valence-corrected chi connectivity index (χ2v) is 5.38. The number of carbonyl (C=O) groups is 1. The third kappa shape index (κ3) is 4.41. The Morgan fingerprint density at radius 2 is 2.05 bits per heavy atom. The zero-order valence-corrected chi connectivity index (χ0v) is 11.8. The Kier molecular flexibility index (Phi) is 4.58. The molecule has 0 aliphatic heterocycles. The van der Waals surface area contributed by atoms with E-state index in [2.05, 4.69) is 10.3 Å². The molecule has 0 bridgehead atoms. The van der Waals surface area contributed by atoms with E-state index in [0.29, 0.717) is 5.75 Å². The van der Waals surface area contributed by atoms with Crippen LogP contribution in [-0.4, -0.2) is 16.6 Å². The van der Waals surface area contributed by atoms with Gasteiger partial charge in [-0.1, -0.05) is 30.0 Å². The largest absolute Gasteiger partial charge is 0.325 e. The first-order valence-corrected chi connectivity index (χ1v) is 7.04. The summed E-state index contributed by atoms with van der Waals surface area (Å²) in [6.45, 7) is 3.99. The number of benzene rings is 1. The monoisotopic (exact) mass is 272 g/mol. The summed E-state index contributed by atoms with van der Waals surface area (Å²) in [5.41, 5.74) is 3.08. The Bertz CT molecular complexity index is 567. The van der Waals surface area contributed by atoms with E-state index in [0.717, 1.165) is 21.8 Å². The number of hydrogen-bond donors (Lipinski definition) is 1. The van der Waals surface area contributed by atoms with E-state index in [4.69, 9.17) is 0 Å². The number of thioether (sulfide) groups is 1. The van der Waals surface area contributed by atoms with E-state index in [9.17, 15) is 4.79 Å². The van der Waals surface area contributed by atoms with E-state index in [1.165, 1.54) is 11.8 Å². The number of hydrogen-bond acceptors (Lipinski definition) is 3. The molecule has 1 amide bonds. The van der Waals surface area contributed by atoms with E-state index in [-0.39, 0.29) is 5.91 Å². The molecule has 1 heterocycles. The maximum absolute atomic E-state index is 11.8. The molecule has 0 aliphatic rings. The molecule has 0 aliphatic carbocycles. The van der Waals surface area contributed by atoms with Crippen molar-refractivity contribution in [1.29, 1.82) is 0 Å². The van der Waals surface area contributed by atoms with Crippen molar-refractivity contribution in [3.8, 4) is 0 Å². The van der Waals surface area contributed by atoms with Crippen LogP contribution in [-0.2, 0) is 4.79 Å². The van der Waals surface area contributed by atoms with Gasteiger partial charge in [0.25, 0.3) is 0 Å². The minimum atomic E-state index is -0.0158. The van der Waals surface area contributed by atoms with Crippen molar-refractivity contribution in [1.82, 2.24) is 4.98 Å². The summed E-state index contributed by atoms with van der Waals surface area (Å²) in [6, 6.07) is 11.7. The fraction of sp³-hybridized carbons (Fsp3) is 0.200. The standard InChI is InChI=1S/C15H16N2OS/c1-11-4-3-5-13(8-11)17-14(18)10-19-15-7-6-12(2)9-16-15/h3-9H,10H2,1-2H3,(H,17,18). The molecular weight excluding hydrogens is 256 g/mol. The van der Waals surface area contributed by atoms with Crippen LogP contribution >= 0.6 is 11.8 Å². The minimum Gasteiger partial charge on any atom is -0.325 e. The van der Waals surface area contributed by atoms with Crippen LogP contribution in [0.25, 0.3) is 0 Å². The number of aryl methyl sites for hydroxylation is 2. The van der Waals surface area contributed by atoms with E-state index in [1.54, 1.807) is 6.20 Å². The molecule has 0 radical (unpaired) electrons. The zero-order valence-electron chi connectivity index (χ0n) is 11.0. The lowest BCUT2D eigenvalue weighted by Crippen LogP contribution is -2.14. The molecule has 1 aromatic heterocycles. The molecule has 2 aromatic rings. The van der Waals surface area contributed by atoms with Gasteiger partial charge in [-0.2, -0.15) is 0 Å².